The van der Waals surface area contributed by atoms with E-state index < -0.39 is 0 Å². The summed E-state index contributed by atoms with van der Waals surface area (Å²) in [7, 11) is 0. The van der Waals surface area contributed by atoms with Gasteiger partial charge < -0.3 is 0 Å². The third kappa shape index (κ3) is 5.26. The first-order chi connectivity index (χ1) is 18.6. The van der Waals surface area contributed by atoms with Gasteiger partial charge in [0.2, 0.25) is 0 Å². The highest BCUT2D eigenvalue weighted by atomic mass is 16.1. The summed E-state index contributed by atoms with van der Waals surface area (Å²) in [5.41, 5.74) is 6.97. The van der Waals surface area contributed by atoms with Crippen LogP contribution in [-0.2, 0) is 19.4 Å². The largest absolute Gasteiger partial charge is 0.291 e. The van der Waals surface area contributed by atoms with E-state index >= 15 is 0 Å². The van der Waals surface area contributed by atoms with Gasteiger partial charge in [-0.15, -0.1) is 0 Å². The van der Waals surface area contributed by atoms with Gasteiger partial charge in [-0.3, -0.25) is 14.3 Å². The van der Waals surface area contributed by atoms with Crippen molar-refractivity contribution < 1.29 is 0 Å². The maximum Gasteiger partial charge on any atom is 0.257 e. The number of pyridine rings is 1. The molecule has 0 amide bonds. The summed E-state index contributed by atoms with van der Waals surface area (Å²) in [6, 6.07) is 30.0. The Morgan fingerprint density at radius 2 is 1.66 bits per heavy atom. The molecule has 2 aromatic heterocycles. The maximum atomic E-state index is 13.9. The van der Waals surface area contributed by atoms with Crippen LogP contribution in [0.25, 0.3) is 22.0 Å². The molecule has 0 bridgehead atoms. The molecule has 5 aromatic rings. The van der Waals surface area contributed by atoms with E-state index in [2.05, 4.69) is 13.0 Å². The molecular weight excluding hydrogens is 468 g/mol. The second-order valence-corrected chi connectivity index (χ2v) is 9.61. The highest BCUT2D eigenvalue weighted by Crippen LogP contribution is 2.24. The van der Waals surface area contributed by atoms with Gasteiger partial charge in [0.1, 0.15) is 5.82 Å². The Kier molecular flexibility index (Phi) is 7.42. The number of para-hydroxylation sites is 1. The van der Waals surface area contributed by atoms with Gasteiger partial charge in [0.15, 0.2) is 0 Å². The van der Waals surface area contributed by atoms with E-state index in [1.165, 1.54) is 0 Å². The van der Waals surface area contributed by atoms with Gasteiger partial charge >= 0.3 is 0 Å². The predicted molar refractivity (Wildman–Crippen MR) is 152 cm³/mol. The molecule has 5 heteroatoms. The molecule has 3 aromatic carbocycles. The molecule has 5 nitrogen and oxygen atoms in total. The van der Waals surface area contributed by atoms with Crippen LogP contribution in [0.2, 0.25) is 0 Å². The van der Waals surface area contributed by atoms with Gasteiger partial charge in [-0.25, -0.2) is 4.98 Å². The van der Waals surface area contributed by atoms with Crippen molar-refractivity contribution in [2.24, 2.45) is 0 Å². The summed E-state index contributed by atoms with van der Waals surface area (Å²) in [6.07, 6.45) is 3.32. The minimum absolute atomic E-state index is 0.00235. The number of unbranched alkanes of at least 4 members (excludes halogenated alkanes) is 1. The molecule has 0 aliphatic carbocycles. The molecule has 2 heterocycles. The third-order valence-corrected chi connectivity index (χ3v) is 6.98. The molecule has 188 valence electrons. The van der Waals surface area contributed by atoms with Crippen molar-refractivity contribution >= 4 is 10.9 Å². The van der Waals surface area contributed by atoms with E-state index in [-0.39, 0.29) is 5.56 Å². The smallest absolute Gasteiger partial charge is 0.257 e. The monoisotopic (exact) mass is 498 g/mol. The highest BCUT2D eigenvalue weighted by molar-refractivity contribution is 5.78. The number of aromatic nitrogens is 3. The van der Waals surface area contributed by atoms with Crippen LogP contribution in [0.4, 0.5) is 0 Å². The quantitative estimate of drug-likeness (QED) is 0.241. The van der Waals surface area contributed by atoms with Gasteiger partial charge in [-0.2, -0.15) is 5.26 Å². The number of rotatable bonds is 8. The second-order valence-electron chi connectivity index (χ2n) is 9.61. The molecule has 0 fully saturated rings. The van der Waals surface area contributed by atoms with Crippen molar-refractivity contribution in [1.29, 1.82) is 5.26 Å². The molecule has 0 saturated carbocycles. The fourth-order valence-corrected chi connectivity index (χ4v) is 4.87. The van der Waals surface area contributed by atoms with Crippen molar-refractivity contribution in [1.82, 2.24) is 14.5 Å². The van der Waals surface area contributed by atoms with E-state index in [0.717, 1.165) is 63.8 Å². The Labute approximate surface area is 223 Å². The zero-order valence-corrected chi connectivity index (χ0v) is 21.8. The second kappa shape index (κ2) is 11.2. The Hall–Kier alpha value is -4.56. The lowest BCUT2D eigenvalue weighted by atomic mass is 9.97. The van der Waals surface area contributed by atoms with Crippen LogP contribution in [0.3, 0.4) is 0 Å². The molecule has 0 aliphatic heterocycles. The molecule has 0 atom stereocenters. The first-order valence-corrected chi connectivity index (χ1v) is 13.1. The van der Waals surface area contributed by atoms with E-state index in [1.807, 2.05) is 91.9 Å². The number of aryl methyl sites for hydroxylation is 2. The third-order valence-electron chi connectivity index (χ3n) is 6.98. The molecular formula is C33H30N4O. The van der Waals surface area contributed by atoms with Crippen LogP contribution in [0.15, 0.2) is 89.7 Å². The topological polar surface area (TPSA) is 71.6 Å². The standard InChI is InChI=1S/C33H30N4O/c1-3-4-12-32-30(20-24-14-16-25(17-15-24)29-11-7-5-10-27(29)21-34)33(38)37(23(2)35-32)22-28-19-18-26-9-6-8-13-31(26)36-28/h5-11,13-19H,3-4,12,20,22H2,1-2H3. The summed E-state index contributed by atoms with van der Waals surface area (Å²) in [5, 5.41) is 10.5. The van der Waals surface area contributed by atoms with Crippen molar-refractivity contribution in [2.45, 2.75) is 46.1 Å². The first-order valence-electron chi connectivity index (χ1n) is 13.1. The van der Waals surface area contributed by atoms with Crippen molar-refractivity contribution in [3.8, 4) is 17.2 Å². The van der Waals surface area contributed by atoms with Gasteiger partial charge in [0.05, 0.1) is 35.1 Å². The number of fused-ring (bicyclic) bond motifs is 1. The van der Waals surface area contributed by atoms with Gasteiger partial charge in [0, 0.05) is 17.4 Å². The molecule has 0 radical (unpaired) electrons. The normalized spacial score (nSPS) is 11.0. The lowest BCUT2D eigenvalue weighted by molar-refractivity contribution is 0.655. The number of hydrogen-bond acceptors (Lipinski definition) is 4. The van der Waals surface area contributed by atoms with E-state index in [1.54, 1.807) is 4.57 Å². The number of hydrogen-bond donors (Lipinski definition) is 0. The average molecular weight is 499 g/mol. The van der Waals surface area contributed by atoms with Crippen LogP contribution >= 0.6 is 0 Å². The van der Waals surface area contributed by atoms with Crippen LogP contribution in [0.5, 0.6) is 0 Å². The van der Waals surface area contributed by atoms with Crippen molar-refractivity contribution in [3.05, 3.63) is 129 Å². The summed E-state index contributed by atoms with van der Waals surface area (Å²) >= 11 is 0. The van der Waals surface area contributed by atoms with E-state index in [0.29, 0.717) is 24.4 Å². The van der Waals surface area contributed by atoms with Crippen LogP contribution in [0.1, 0.15) is 53.7 Å². The lowest BCUT2D eigenvalue weighted by Gasteiger charge is -2.16. The van der Waals surface area contributed by atoms with Crippen LogP contribution in [-0.4, -0.2) is 14.5 Å². The summed E-state index contributed by atoms with van der Waals surface area (Å²) in [6.45, 7) is 4.44. The average Bonchev–Trinajstić information content (AvgIpc) is 2.96. The minimum Gasteiger partial charge on any atom is -0.291 e. The molecule has 0 saturated heterocycles. The maximum absolute atomic E-state index is 13.9. The van der Waals surface area contributed by atoms with Crippen molar-refractivity contribution in [2.75, 3.05) is 0 Å². The summed E-state index contributed by atoms with van der Waals surface area (Å²) in [5.74, 6) is 0.711. The summed E-state index contributed by atoms with van der Waals surface area (Å²) < 4.78 is 1.75. The number of nitriles is 1. The van der Waals surface area contributed by atoms with Crippen molar-refractivity contribution in [3.63, 3.8) is 0 Å². The van der Waals surface area contributed by atoms with Crippen LogP contribution in [0, 0.1) is 18.3 Å². The molecule has 0 unspecified atom stereocenters. The van der Waals surface area contributed by atoms with E-state index in [9.17, 15) is 10.1 Å². The molecule has 5 rings (SSSR count). The fraction of sp³-hybridized carbons (Fsp3) is 0.212. The molecule has 0 aliphatic rings. The highest BCUT2D eigenvalue weighted by Gasteiger charge is 2.16. The minimum atomic E-state index is -0.00235. The Morgan fingerprint density at radius 3 is 2.45 bits per heavy atom. The van der Waals surface area contributed by atoms with Crippen LogP contribution < -0.4 is 5.56 Å². The molecule has 38 heavy (non-hydrogen) atoms. The van der Waals surface area contributed by atoms with Gasteiger partial charge in [-0.1, -0.05) is 80.1 Å². The number of nitrogens with zero attached hydrogens (tertiary/aromatic N) is 4. The Balaban J connectivity index is 1.49. The predicted octanol–water partition coefficient (Wildman–Crippen LogP) is 6.62. The molecule has 0 N–H and O–H groups in total. The van der Waals surface area contributed by atoms with Gasteiger partial charge in [-0.05, 0) is 54.7 Å². The summed E-state index contributed by atoms with van der Waals surface area (Å²) in [4.78, 5) is 23.6. The van der Waals surface area contributed by atoms with Gasteiger partial charge in [0.25, 0.3) is 5.56 Å². The SMILES string of the molecule is CCCCc1nc(C)n(Cc2ccc3ccccc3n2)c(=O)c1Cc1ccc(-c2ccccc2C#N)cc1. The zero-order chi connectivity index (χ0) is 26.5. The lowest BCUT2D eigenvalue weighted by Crippen LogP contribution is -2.30. The van der Waals surface area contributed by atoms with E-state index in [4.69, 9.17) is 9.97 Å². The molecule has 0 spiro atoms. The fourth-order valence-electron chi connectivity index (χ4n) is 4.87. The Bertz CT molecular complexity index is 1690. The Morgan fingerprint density at radius 1 is 0.895 bits per heavy atom. The zero-order valence-electron chi connectivity index (χ0n) is 21.8. The number of benzene rings is 3. The first kappa shape index (κ1) is 25.1.